The van der Waals surface area contributed by atoms with Crippen LogP contribution in [0.1, 0.15) is 105 Å². The van der Waals surface area contributed by atoms with Gasteiger partial charge in [0.1, 0.15) is 0 Å². The normalized spacial score (nSPS) is 42.2. The lowest BCUT2D eigenvalue weighted by molar-refractivity contribution is -0.0563. The second-order valence-corrected chi connectivity index (χ2v) is 14.1. The third-order valence-corrected chi connectivity index (χ3v) is 11.0. The first-order chi connectivity index (χ1) is 15.2. The SMILES string of the molecule is C[C@H](CCCC(C)(C)O)C1CC[C@H]2[C@@H]3CC=C4C[C@@H](OS(=O)(=O)O)CC[C@]4(C)[C@H]3CC[C@]12C. The van der Waals surface area contributed by atoms with Gasteiger partial charge in [-0.2, -0.15) is 8.42 Å². The molecule has 0 aliphatic heterocycles. The van der Waals surface area contributed by atoms with Crippen LogP contribution in [0.25, 0.3) is 0 Å². The van der Waals surface area contributed by atoms with Crippen molar-refractivity contribution in [2.75, 3.05) is 0 Å². The summed E-state index contributed by atoms with van der Waals surface area (Å²) in [6, 6.07) is 0. The summed E-state index contributed by atoms with van der Waals surface area (Å²) in [5.41, 5.74) is 1.36. The minimum atomic E-state index is -4.40. The van der Waals surface area contributed by atoms with Crippen molar-refractivity contribution in [1.29, 1.82) is 0 Å². The van der Waals surface area contributed by atoms with Gasteiger partial charge in [-0.1, -0.05) is 45.3 Å². The van der Waals surface area contributed by atoms with Gasteiger partial charge in [-0.05, 0) is 112 Å². The average Bonchev–Trinajstić information content (AvgIpc) is 3.03. The first-order valence-electron chi connectivity index (χ1n) is 13.3. The van der Waals surface area contributed by atoms with E-state index in [1.807, 2.05) is 13.8 Å². The highest BCUT2D eigenvalue weighted by atomic mass is 32.3. The fraction of sp³-hybridized carbons (Fsp3) is 0.926. The van der Waals surface area contributed by atoms with E-state index in [0.717, 1.165) is 43.4 Å². The van der Waals surface area contributed by atoms with Crippen LogP contribution in [0.4, 0.5) is 0 Å². The van der Waals surface area contributed by atoms with Crippen LogP contribution >= 0.6 is 0 Å². The third-order valence-electron chi connectivity index (χ3n) is 10.5. The molecule has 8 atom stereocenters. The highest BCUT2D eigenvalue weighted by Gasteiger charge is 2.59. The Morgan fingerprint density at radius 2 is 1.88 bits per heavy atom. The zero-order valence-corrected chi connectivity index (χ0v) is 22.2. The number of hydrogen-bond donors (Lipinski definition) is 2. The molecule has 0 amide bonds. The highest BCUT2D eigenvalue weighted by molar-refractivity contribution is 7.80. The van der Waals surface area contributed by atoms with E-state index in [1.165, 1.54) is 37.7 Å². The Morgan fingerprint density at radius 3 is 2.55 bits per heavy atom. The van der Waals surface area contributed by atoms with E-state index in [1.54, 1.807) is 0 Å². The quantitative estimate of drug-likeness (QED) is 0.327. The summed E-state index contributed by atoms with van der Waals surface area (Å²) in [5.74, 6) is 3.66. The Kier molecular flexibility index (Phi) is 6.92. The molecule has 2 N–H and O–H groups in total. The Balaban J connectivity index is 1.46. The average molecular weight is 483 g/mol. The van der Waals surface area contributed by atoms with Crippen LogP contribution in [0.5, 0.6) is 0 Å². The molecule has 3 saturated carbocycles. The molecule has 0 aromatic carbocycles. The van der Waals surface area contributed by atoms with E-state index in [4.69, 9.17) is 8.74 Å². The molecule has 6 heteroatoms. The summed E-state index contributed by atoms with van der Waals surface area (Å²) in [7, 11) is -4.40. The topological polar surface area (TPSA) is 83.8 Å². The molecule has 0 saturated heterocycles. The van der Waals surface area contributed by atoms with Crippen molar-refractivity contribution in [3.05, 3.63) is 11.6 Å². The summed E-state index contributed by atoms with van der Waals surface area (Å²) in [6.07, 6.45) is 13.8. The fourth-order valence-corrected chi connectivity index (χ4v) is 9.42. The van der Waals surface area contributed by atoms with Crippen LogP contribution in [-0.2, 0) is 14.6 Å². The first kappa shape index (κ1) is 25.7. The maximum Gasteiger partial charge on any atom is 0.397 e. The van der Waals surface area contributed by atoms with E-state index in [-0.39, 0.29) is 5.41 Å². The highest BCUT2D eigenvalue weighted by Crippen LogP contribution is 2.67. The summed E-state index contributed by atoms with van der Waals surface area (Å²) in [5, 5.41) is 10.1. The van der Waals surface area contributed by atoms with Crippen LogP contribution in [-0.4, -0.2) is 29.8 Å². The monoisotopic (exact) mass is 482 g/mol. The second-order valence-electron chi connectivity index (χ2n) is 13.1. The summed E-state index contributed by atoms with van der Waals surface area (Å²) >= 11 is 0. The molecule has 5 nitrogen and oxygen atoms in total. The van der Waals surface area contributed by atoms with Gasteiger partial charge in [0.2, 0.25) is 0 Å². The van der Waals surface area contributed by atoms with Crippen molar-refractivity contribution in [3.8, 4) is 0 Å². The van der Waals surface area contributed by atoms with Gasteiger partial charge in [-0.15, -0.1) is 0 Å². The lowest BCUT2D eigenvalue weighted by atomic mass is 9.47. The minimum Gasteiger partial charge on any atom is -0.390 e. The van der Waals surface area contributed by atoms with E-state index >= 15 is 0 Å². The molecule has 190 valence electrons. The van der Waals surface area contributed by atoms with Crippen molar-refractivity contribution in [1.82, 2.24) is 0 Å². The van der Waals surface area contributed by atoms with Gasteiger partial charge >= 0.3 is 10.4 Å². The zero-order valence-electron chi connectivity index (χ0n) is 21.3. The van der Waals surface area contributed by atoms with Crippen molar-refractivity contribution in [3.63, 3.8) is 0 Å². The van der Waals surface area contributed by atoms with Gasteiger partial charge < -0.3 is 5.11 Å². The maximum atomic E-state index is 11.2. The second kappa shape index (κ2) is 8.90. The van der Waals surface area contributed by atoms with E-state index in [9.17, 15) is 13.5 Å². The third kappa shape index (κ3) is 5.10. The number of fused-ring (bicyclic) bond motifs is 5. The summed E-state index contributed by atoms with van der Waals surface area (Å²) in [4.78, 5) is 0. The minimum absolute atomic E-state index is 0.139. The number of hydrogen-bond acceptors (Lipinski definition) is 4. The van der Waals surface area contributed by atoms with Crippen molar-refractivity contribution < 1.29 is 22.3 Å². The number of rotatable bonds is 7. The Bertz CT molecular complexity index is 858. The molecule has 0 spiro atoms. The van der Waals surface area contributed by atoms with Gasteiger partial charge in [0.25, 0.3) is 0 Å². The van der Waals surface area contributed by atoms with Crippen LogP contribution in [0.15, 0.2) is 11.6 Å². The predicted molar refractivity (Wildman–Crippen MR) is 131 cm³/mol. The molecule has 0 bridgehead atoms. The van der Waals surface area contributed by atoms with E-state index < -0.39 is 22.1 Å². The molecular formula is C27H46O5S. The van der Waals surface area contributed by atoms with Gasteiger partial charge in [0, 0.05) is 0 Å². The molecule has 3 fully saturated rings. The molecular weight excluding hydrogens is 436 g/mol. The molecule has 0 heterocycles. The Hall–Kier alpha value is -0.430. The molecule has 0 aromatic rings. The van der Waals surface area contributed by atoms with Gasteiger partial charge in [0.15, 0.2) is 0 Å². The molecule has 4 aliphatic rings. The van der Waals surface area contributed by atoms with Gasteiger partial charge in [-0.25, -0.2) is 4.18 Å². The summed E-state index contributed by atoms with van der Waals surface area (Å²) < 4.78 is 36.5. The molecule has 4 rings (SSSR count). The van der Waals surface area contributed by atoms with E-state index in [0.29, 0.717) is 30.1 Å². The van der Waals surface area contributed by atoms with Crippen LogP contribution in [0.2, 0.25) is 0 Å². The lowest BCUT2D eigenvalue weighted by Crippen LogP contribution is -2.51. The smallest absolute Gasteiger partial charge is 0.390 e. The maximum absolute atomic E-state index is 11.2. The van der Waals surface area contributed by atoms with Gasteiger partial charge in [0.05, 0.1) is 11.7 Å². The van der Waals surface area contributed by atoms with Crippen molar-refractivity contribution >= 4 is 10.4 Å². The predicted octanol–water partition coefficient (Wildman–Crippen LogP) is 6.33. The largest absolute Gasteiger partial charge is 0.397 e. The Morgan fingerprint density at radius 1 is 1.15 bits per heavy atom. The fourth-order valence-electron chi connectivity index (χ4n) is 8.91. The first-order valence-corrected chi connectivity index (χ1v) is 14.7. The van der Waals surface area contributed by atoms with Crippen LogP contribution < -0.4 is 0 Å². The molecule has 0 aromatic heterocycles. The number of allylic oxidation sites excluding steroid dienone is 1. The van der Waals surface area contributed by atoms with Crippen molar-refractivity contribution in [2.24, 2.45) is 40.4 Å². The van der Waals surface area contributed by atoms with Crippen molar-refractivity contribution in [2.45, 2.75) is 117 Å². The Labute approximate surface area is 201 Å². The standard InChI is InChI=1S/C27H46O5S/c1-18(7-6-14-25(2,3)28)22-10-11-23-21-9-8-19-17-20(32-33(29,30)31)12-15-26(19,4)24(21)13-16-27(22,23)5/h8,18,20-24,28H,6-7,9-17H2,1-5H3,(H,29,30,31)/t18-,20+,21+,22?,23+,24+,26+,27-/m1/s1. The zero-order chi connectivity index (χ0) is 24.2. The molecule has 1 unspecified atom stereocenters. The molecule has 4 aliphatic carbocycles. The lowest BCUT2D eigenvalue weighted by Gasteiger charge is -2.58. The van der Waals surface area contributed by atoms with Gasteiger partial charge in [-0.3, -0.25) is 4.55 Å². The van der Waals surface area contributed by atoms with Crippen LogP contribution in [0.3, 0.4) is 0 Å². The number of aliphatic hydroxyl groups is 1. The summed E-state index contributed by atoms with van der Waals surface area (Å²) in [6.45, 7) is 11.3. The van der Waals surface area contributed by atoms with E-state index in [2.05, 4.69) is 26.8 Å². The molecule has 0 radical (unpaired) electrons. The molecule has 33 heavy (non-hydrogen) atoms. The van der Waals surface area contributed by atoms with Crippen LogP contribution in [0, 0.1) is 40.4 Å².